The third kappa shape index (κ3) is 3.99. The summed E-state index contributed by atoms with van der Waals surface area (Å²) < 4.78 is 5.48. The maximum absolute atomic E-state index is 12.4. The van der Waals surface area contributed by atoms with Crippen molar-refractivity contribution in [3.63, 3.8) is 0 Å². The number of carbonyl (C=O) groups excluding carboxylic acids is 1. The molecule has 2 rings (SSSR count). The molecule has 0 bridgehead atoms. The topological polar surface area (TPSA) is 38.3 Å². The Morgan fingerprint density at radius 3 is 2.71 bits per heavy atom. The summed E-state index contributed by atoms with van der Waals surface area (Å²) in [5.74, 6) is 0.433. The lowest BCUT2D eigenvalue weighted by atomic mass is 10.1. The molecule has 0 aliphatic heterocycles. The van der Waals surface area contributed by atoms with Crippen LogP contribution in [0.5, 0.6) is 5.75 Å². The first kappa shape index (κ1) is 15.4. The lowest BCUT2D eigenvalue weighted by Gasteiger charge is -2.16. The van der Waals surface area contributed by atoms with E-state index >= 15 is 0 Å². The van der Waals surface area contributed by atoms with Crippen LogP contribution >= 0.6 is 11.6 Å². The SMILES string of the molecule is CCOc1ccccc1C(=O)NC(C)c1cccc(Cl)c1. The highest BCUT2D eigenvalue weighted by Gasteiger charge is 2.15. The zero-order chi connectivity index (χ0) is 15.2. The van der Waals surface area contributed by atoms with Crippen molar-refractivity contribution >= 4 is 17.5 Å². The van der Waals surface area contributed by atoms with E-state index in [0.717, 1.165) is 5.56 Å². The number of halogens is 1. The van der Waals surface area contributed by atoms with Gasteiger partial charge in [0, 0.05) is 5.02 Å². The van der Waals surface area contributed by atoms with E-state index in [-0.39, 0.29) is 11.9 Å². The van der Waals surface area contributed by atoms with Crippen molar-refractivity contribution in [1.29, 1.82) is 0 Å². The molecule has 110 valence electrons. The summed E-state index contributed by atoms with van der Waals surface area (Å²) in [6, 6.07) is 14.5. The number of hydrogen-bond acceptors (Lipinski definition) is 2. The van der Waals surface area contributed by atoms with Gasteiger partial charge in [-0.15, -0.1) is 0 Å². The number of amides is 1. The minimum atomic E-state index is -0.161. The van der Waals surface area contributed by atoms with Crippen LogP contribution in [0.2, 0.25) is 5.02 Å². The van der Waals surface area contributed by atoms with Crippen LogP contribution in [0.25, 0.3) is 0 Å². The van der Waals surface area contributed by atoms with Crippen LogP contribution in [0.4, 0.5) is 0 Å². The first-order chi connectivity index (χ1) is 10.1. The van der Waals surface area contributed by atoms with Gasteiger partial charge in [0.2, 0.25) is 0 Å². The molecule has 0 aliphatic carbocycles. The summed E-state index contributed by atoms with van der Waals surface area (Å²) in [7, 11) is 0. The van der Waals surface area contributed by atoms with Gasteiger partial charge in [-0.1, -0.05) is 35.9 Å². The second-order valence-corrected chi connectivity index (χ2v) is 5.12. The van der Waals surface area contributed by atoms with Gasteiger partial charge in [0.1, 0.15) is 5.75 Å². The van der Waals surface area contributed by atoms with Crippen molar-refractivity contribution in [2.75, 3.05) is 6.61 Å². The largest absolute Gasteiger partial charge is 0.493 e. The van der Waals surface area contributed by atoms with Gasteiger partial charge in [0.05, 0.1) is 18.2 Å². The van der Waals surface area contributed by atoms with Crippen LogP contribution in [0, 0.1) is 0 Å². The second-order valence-electron chi connectivity index (χ2n) is 4.68. The highest BCUT2D eigenvalue weighted by Crippen LogP contribution is 2.21. The predicted molar refractivity (Wildman–Crippen MR) is 84.9 cm³/mol. The second kappa shape index (κ2) is 7.14. The maximum atomic E-state index is 12.4. The Balaban J connectivity index is 2.14. The fraction of sp³-hybridized carbons (Fsp3) is 0.235. The number of benzene rings is 2. The molecule has 3 nitrogen and oxygen atoms in total. The van der Waals surface area contributed by atoms with Crippen molar-refractivity contribution < 1.29 is 9.53 Å². The fourth-order valence-electron chi connectivity index (χ4n) is 2.07. The van der Waals surface area contributed by atoms with Gasteiger partial charge < -0.3 is 10.1 Å². The van der Waals surface area contributed by atoms with Gasteiger partial charge in [0.15, 0.2) is 0 Å². The average molecular weight is 304 g/mol. The van der Waals surface area contributed by atoms with Crippen LogP contribution in [0.3, 0.4) is 0 Å². The Bertz CT molecular complexity index is 628. The monoisotopic (exact) mass is 303 g/mol. The Morgan fingerprint density at radius 1 is 1.24 bits per heavy atom. The van der Waals surface area contributed by atoms with E-state index in [9.17, 15) is 4.79 Å². The van der Waals surface area contributed by atoms with E-state index in [1.807, 2.05) is 50.2 Å². The number of rotatable bonds is 5. The summed E-state index contributed by atoms with van der Waals surface area (Å²) in [4.78, 5) is 12.4. The van der Waals surface area contributed by atoms with E-state index in [2.05, 4.69) is 5.32 Å². The van der Waals surface area contributed by atoms with E-state index < -0.39 is 0 Å². The molecule has 0 aromatic heterocycles. The molecule has 1 N–H and O–H groups in total. The molecule has 0 radical (unpaired) electrons. The first-order valence-electron chi connectivity index (χ1n) is 6.90. The summed E-state index contributed by atoms with van der Waals surface area (Å²) in [6.45, 7) is 4.34. The summed E-state index contributed by atoms with van der Waals surface area (Å²) in [6.07, 6.45) is 0. The quantitative estimate of drug-likeness (QED) is 0.897. The van der Waals surface area contributed by atoms with E-state index in [0.29, 0.717) is 22.9 Å². The van der Waals surface area contributed by atoms with Crippen molar-refractivity contribution in [3.8, 4) is 5.75 Å². The van der Waals surface area contributed by atoms with E-state index in [1.165, 1.54) is 0 Å². The Kier molecular flexibility index (Phi) is 5.23. The molecule has 1 atom stereocenters. The number of carbonyl (C=O) groups is 1. The molecular formula is C17H18ClNO2. The van der Waals surface area contributed by atoms with Crippen molar-refractivity contribution in [3.05, 3.63) is 64.7 Å². The molecule has 2 aromatic rings. The molecule has 0 heterocycles. The van der Waals surface area contributed by atoms with Gasteiger partial charge in [0.25, 0.3) is 5.91 Å². The molecule has 1 amide bonds. The van der Waals surface area contributed by atoms with Gasteiger partial charge >= 0.3 is 0 Å². The lowest BCUT2D eigenvalue weighted by Crippen LogP contribution is -2.27. The highest BCUT2D eigenvalue weighted by atomic mass is 35.5. The molecule has 1 unspecified atom stereocenters. The van der Waals surface area contributed by atoms with Crippen LogP contribution in [0.1, 0.15) is 35.8 Å². The standard InChI is InChI=1S/C17H18ClNO2/c1-3-21-16-10-5-4-9-15(16)17(20)19-12(2)13-7-6-8-14(18)11-13/h4-12H,3H2,1-2H3,(H,19,20). The molecule has 0 saturated carbocycles. The van der Waals surface area contributed by atoms with Crippen LogP contribution in [-0.4, -0.2) is 12.5 Å². The molecule has 0 aliphatic rings. The zero-order valence-corrected chi connectivity index (χ0v) is 12.9. The zero-order valence-electron chi connectivity index (χ0n) is 12.1. The number of nitrogens with one attached hydrogen (secondary N) is 1. The lowest BCUT2D eigenvalue weighted by molar-refractivity contribution is 0.0936. The minimum absolute atomic E-state index is 0.133. The molecular weight excluding hydrogens is 286 g/mol. The van der Waals surface area contributed by atoms with Crippen molar-refractivity contribution in [1.82, 2.24) is 5.32 Å². The van der Waals surface area contributed by atoms with E-state index in [1.54, 1.807) is 12.1 Å². The minimum Gasteiger partial charge on any atom is -0.493 e. The smallest absolute Gasteiger partial charge is 0.255 e. The number of hydrogen-bond donors (Lipinski definition) is 1. The average Bonchev–Trinajstić information content (AvgIpc) is 2.48. The predicted octanol–water partition coefficient (Wildman–Crippen LogP) is 4.23. The fourth-order valence-corrected chi connectivity index (χ4v) is 2.27. The molecule has 4 heteroatoms. The van der Waals surface area contributed by atoms with Crippen molar-refractivity contribution in [2.45, 2.75) is 19.9 Å². The van der Waals surface area contributed by atoms with E-state index in [4.69, 9.17) is 16.3 Å². The molecule has 0 spiro atoms. The highest BCUT2D eigenvalue weighted by molar-refractivity contribution is 6.30. The first-order valence-corrected chi connectivity index (χ1v) is 7.27. The Morgan fingerprint density at radius 2 is 2.00 bits per heavy atom. The summed E-state index contributed by atoms with van der Waals surface area (Å²) in [5.41, 5.74) is 1.50. The number of ether oxygens (including phenoxy) is 1. The molecule has 21 heavy (non-hydrogen) atoms. The third-order valence-electron chi connectivity index (χ3n) is 3.13. The van der Waals surface area contributed by atoms with Gasteiger partial charge in [-0.3, -0.25) is 4.79 Å². The molecule has 0 fully saturated rings. The van der Waals surface area contributed by atoms with Gasteiger partial charge in [-0.2, -0.15) is 0 Å². The van der Waals surface area contributed by atoms with Crippen LogP contribution in [0.15, 0.2) is 48.5 Å². The normalized spacial score (nSPS) is 11.8. The number of para-hydroxylation sites is 1. The summed E-state index contributed by atoms with van der Waals surface area (Å²) in [5, 5.41) is 3.62. The Labute approximate surface area is 129 Å². The maximum Gasteiger partial charge on any atom is 0.255 e. The van der Waals surface area contributed by atoms with Gasteiger partial charge in [-0.05, 0) is 43.7 Å². The Hall–Kier alpha value is -2.00. The molecule has 2 aromatic carbocycles. The summed E-state index contributed by atoms with van der Waals surface area (Å²) >= 11 is 5.98. The van der Waals surface area contributed by atoms with Crippen LogP contribution < -0.4 is 10.1 Å². The van der Waals surface area contributed by atoms with Crippen LogP contribution in [-0.2, 0) is 0 Å². The van der Waals surface area contributed by atoms with Gasteiger partial charge in [-0.25, -0.2) is 0 Å². The third-order valence-corrected chi connectivity index (χ3v) is 3.36. The molecule has 0 saturated heterocycles. The van der Waals surface area contributed by atoms with Crippen molar-refractivity contribution in [2.24, 2.45) is 0 Å².